The van der Waals surface area contributed by atoms with Gasteiger partial charge >= 0.3 is 0 Å². The third-order valence-electron chi connectivity index (χ3n) is 6.61. The summed E-state index contributed by atoms with van der Waals surface area (Å²) in [6.07, 6.45) is 8.94. The van der Waals surface area contributed by atoms with Gasteiger partial charge in [-0.05, 0) is 67.4 Å². The van der Waals surface area contributed by atoms with Gasteiger partial charge in [-0.1, -0.05) is 31.0 Å². The van der Waals surface area contributed by atoms with E-state index in [-0.39, 0.29) is 17.7 Å². The van der Waals surface area contributed by atoms with Crippen LogP contribution in [0.15, 0.2) is 24.3 Å². The number of nitrogens with one attached hydrogen (secondary N) is 2. The smallest absolute Gasteiger partial charge is 0.261 e. The molecular weight excluding hydrogens is 368 g/mol. The third kappa shape index (κ3) is 3.95. The molecule has 1 aromatic carbocycles. The molecular formula is C23H30N2O2S. The largest absolute Gasteiger partial charge is 0.356 e. The van der Waals surface area contributed by atoms with Crippen molar-refractivity contribution in [1.82, 2.24) is 10.6 Å². The van der Waals surface area contributed by atoms with E-state index in [9.17, 15) is 9.59 Å². The van der Waals surface area contributed by atoms with Crippen molar-refractivity contribution in [3.05, 3.63) is 34.7 Å². The van der Waals surface area contributed by atoms with Crippen LogP contribution in [0.25, 0.3) is 10.1 Å². The Kier molecular flexibility index (Phi) is 6.00. The molecule has 28 heavy (non-hydrogen) atoms. The summed E-state index contributed by atoms with van der Waals surface area (Å²) in [5.41, 5.74) is 1.24. The van der Waals surface area contributed by atoms with Gasteiger partial charge in [-0.2, -0.15) is 0 Å². The summed E-state index contributed by atoms with van der Waals surface area (Å²) in [4.78, 5) is 25.6. The number of carbonyl (C=O) groups is 2. The van der Waals surface area contributed by atoms with Gasteiger partial charge < -0.3 is 10.6 Å². The number of rotatable bonds is 5. The zero-order valence-corrected chi connectivity index (χ0v) is 17.4. The van der Waals surface area contributed by atoms with Gasteiger partial charge in [-0.25, -0.2) is 0 Å². The Morgan fingerprint density at radius 2 is 1.75 bits per heavy atom. The lowest BCUT2D eigenvalue weighted by atomic mass is 9.77. The van der Waals surface area contributed by atoms with Crippen LogP contribution in [0.5, 0.6) is 0 Å². The van der Waals surface area contributed by atoms with Gasteiger partial charge in [0.15, 0.2) is 0 Å². The Labute approximate surface area is 171 Å². The average molecular weight is 399 g/mol. The summed E-state index contributed by atoms with van der Waals surface area (Å²) in [6, 6.07) is 8.37. The topological polar surface area (TPSA) is 58.2 Å². The van der Waals surface area contributed by atoms with Crippen LogP contribution in [0, 0.1) is 11.8 Å². The summed E-state index contributed by atoms with van der Waals surface area (Å²) in [6.45, 7) is 0.814. The fourth-order valence-electron chi connectivity index (χ4n) is 4.99. The molecule has 2 aliphatic rings. The average Bonchev–Trinajstić information content (AvgIpc) is 3.40. The predicted octanol–water partition coefficient (Wildman–Crippen LogP) is 4.84. The molecule has 0 unspecified atom stereocenters. The maximum atomic E-state index is 12.5. The number of thiophene rings is 1. The van der Waals surface area contributed by atoms with Crippen molar-refractivity contribution in [1.29, 1.82) is 0 Å². The molecule has 0 bridgehead atoms. The van der Waals surface area contributed by atoms with Crippen LogP contribution in [0.2, 0.25) is 0 Å². The summed E-state index contributed by atoms with van der Waals surface area (Å²) in [7, 11) is 1.71. The molecule has 2 aliphatic carbocycles. The highest BCUT2D eigenvalue weighted by atomic mass is 32.1. The van der Waals surface area contributed by atoms with Crippen LogP contribution in [0.3, 0.4) is 0 Å². The van der Waals surface area contributed by atoms with Gasteiger partial charge in [0, 0.05) is 24.2 Å². The second kappa shape index (κ2) is 8.64. The van der Waals surface area contributed by atoms with Crippen molar-refractivity contribution >= 4 is 33.2 Å². The monoisotopic (exact) mass is 398 g/mol. The van der Waals surface area contributed by atoms with Crippen molar-refractivity contribution in [3.63, 3.8) is 0 Å². The van der Waals surface area contributed by atoms with Crippen LogP contribution >= 0.6 is 11.3 Å². The normalized spacial score (nSPS) is 23.0. The molecule has 2 saturated carbocycles. The minimum absolute atomic E-state index is 0.0298. The molecule has 2 N–H and O–H groups in total. The molecule has 2 aromatic rings. The molecule has 0 aliphatic heterocycles. The van der Waals surface area contributed by atoms with Crippen LogP contribution in [0.1, 0.15) is 72.5 Å². The second-order valence-corrected chi connectivity index (χ2v) is 9.42. The van der Waals surface area contributed by atoms with Crippen molar-refractivity contribution in [2.45, 2.75) is 57.3 Å². The lowest BCUT2D eigenvalue weighted by Crippen LogP contribution is -2.34. The van der Waals surface area contributed by atoms with E-state index in [1.54, 1.807) is 18.4 Å². The minimum Gasteiger partial charge on any atom is -0.356 e. The van der Waals surface area contributed by atoms with Crippen molar-refractivity contribution in [3.8, 4) is 0 Å². The lowest BCUT2D eigenvalue weighted by molar-refractivity contribution is -0.125. The summed E-state index contributed by atoms with van der Waals surface area (Å²) < 4.78 is 1.20. The molecule has 0 radical (unpaired) electrons. The molecule has 150 valence electrons. The van der Waals surface area contributed by atoms with E-state index in [0.717, 1.165) is 49.9 Å². The Balaban J connectivity index is 1.41. The first-order chi connectivity index (χ1) is 13.7. The first-order valence-corrected chi connectivity index (χ1v) is 11.5. The number of carbonyl (C=O) groups excluding carboxylic acids is 2. The Hall–Kier alpha value is -1.88. The molecule has 1 heterocycles. The fourth-order valence-corrected chi connectivity index (χ4v) is 6.22. The van der Waals surface area contributed by atoms with E-state index < -0.39 is 0 Å². The molecule has 0 saturated heterocycles. The van der Waals surface area contributed by atoms with E-state index >= 15 is 0 Å². The summed E-state index contributed by atoms with van der Waals surface area (Å²) >= 11 is 1.61. The van der Waals surface area contributed by atoms with E-state index in [1.165, 1.54) is 28.5 Å². The minimum atomic E-state index is 0.0298. The first-order valence-electron chi connectivity index (χ1n) is 10.7. The number of benzene rings is 1. The maximum Gasteiger partial charge on any atom is 0.261 e. The van der Waals surface area contributed by atoms with E-state index in [1.807, 2.05) is 6.07 Å². The first kappa shape index (κ1) is 19.4. The van der Waals surface area contributed by atoms with Gasteiger partial charge in [-0.3, -0.25) is 9.59 Å². The summed E-state index contributed by atoms with van der Waals surface area (Å²) in [5.74, 6) is 1.55. The van der Waals surface area contributed by atoms with Gasteiger partial charge in [-0.15, -0.1) is 11.3 Å². The highest BCUT2D eigenvalue weighted by molar-refractivity contribution is 7.21. The summed E-state index contributed by atoms with van der Waals surface area (Å²) in [5, 5.41) is 7.27. The molecule has 0 atom stereocenters. The molecule has 2 amide bonds. The molecule has 1 aromatic heterocycles. The SMILES string of the molecule is CNC(=O)c1sc2ccccc2c1C1CCC(CNC(=O)C2CCCC2)CC1. The zero-order valence-electron chi connectivity index (χ0n) is 16.6. The van der Waals surface area contributed by atoms with Crippen LogP contribution < -0.4 is 10.6 Å². The third-order valence-corrected chi connectivity index (χ3v) is 7.80. The standard InChI is InChI=1S/C23H30N2O2S/c1-24-23(27)21-20(18-8-4-5-9-19(18)28-21)16-12-10-15(11-13-16)14-25-22(26)17-6-2-3-7-17/h4-5,8-9,15-17H,2-3,6-7,10-14H2,1H3,(H,24,27)(H,25,26). The van der Waals surface area contributed by atoms with Gasteiger partial charge in [0.2, 0.25) is 5.91 Å². The Morgan fingerprint density at radius 3 is 2.46 bits per heavy atom. The van der Waals surface area contributed by atoms with Crippen molar-refractivity contribution in [2.24, 2.45) is 11.8 Å². The number of hydrogen-bond acceptors (Lipinski definition) is 3. The predicted molar refractivity (Wildman–Crippen MR) is 115 cm³/mol. The van der Waals surface area contributed by atoms with Crippen molar-refractivity contribution < 1.29 is 9.59 Å². The molecule has 4 nitrogen and oxygen atoms in total. The van der Waals surface area contributed by atoms with Gasteiger partial charge in [0.1, 0.15) is 0 Å². The highest BCUT2D eigenvalue weighted by Crippen LogP contribution is 2.43. The quantitative estimate of drug-likeness (QED) is 0.757. The number of amides is 2. The highest BCUT2D eigenvalue weighted by Gasteiger charge is 2.29. The van der Waals surface area contributed by atoms with Gasteiger partial charge in [0.25, 0.3) is 5.91 Å². The molecule has 2 fully saturated rings. The molecule has 5 heteroatoms. The van der Waals surface area contributed by atoms with E-state index in [0.29, 0.717) is 11.8 Å². The fraction of sp³-hybridized carbons (Fsp3) is 0.565. The van der Waals surface area contributed by atoms with Crippen LogP contribution in [-0.4, -0.2) is 25.4 Å². The van der Waals surface area contributed by atoms with E-state index in [4.69, 9.17) is 0 Å². The van der Waals surface area contributed by atoms with Gasteiger partial charge in [0.05, 0.1) is 4.88 Å². The van der Waals surface area contributed by atoms with E-state index in [2.05, 4.69) is 28.8 Å². The lowest BCUT2D eigenvalue weighted by Gasteiger charge is -2.29. The zero-order chi connectivity index (χ0) is 19.5. The maximum absolute atomic E-state index is 12.5. The molecule has 0 spiro atoms. The number of hydrogen-bond donors (Lipinski definition) is 2. The van der Waals surface area contributed by atoms with Crippen LogP contribution in [-0.2, 0) is 4.79 Å². The van der Waals surface area contributed by atoms with Crippen LogP contribution in [0.4, 0.5) is 0 Å². The second-order valence-electron chi connectivity index (χ2n) is 8.36. The molecule has 4 rings (SSSR count). The Bertz CT molecular complexity index is 845. The van der Waals surface area contributed by atoms with Crippen molar-refractivity contribution in [2.75, 3.05) is 13.6 Å². The Morgan fingerprint density at radius 1 is 1.04 bits per heavy atom. The number of fused-ring (bicyclic) bond motifs is 1.